The molecule has 3 nitrogen and oxygen atoms in total. The van der Waals surface area contributed by atoms with E-state index in [0.29, 0.717) is 27.4 Å². The van der Waals surface area contributed by atoms with Crippen molar-refractivity contribution in [3.8, 4) is 0 Å². The fourth-order valence-electron chi connectivity index (χ4n) is 2.54. The third kappa shape index (κ3) is 3.95. The minimum absolute atomic E-state index is 0.192. The number of halogens is 1. The van der Waals surface area contributed by atoms with E-state index in [2.05, 4.69) is 5.32 Å². The summed E-state index contributed by atoms with van der Waals surface area (Å²) in [6.45, 7) is 1.92. The first-order valence-electron chi connectivity index (χ1n) is 7.82. The van der Waals surface area contributed by atoms with Gasteiger partial charge in [0.05, 0.1) is 5.69 Å². The lowest BCUT2D eigenvalue weighted by atomic mass is 10.0. The SMILES string of the molecule is Cc1cccc(C(=O)Nc2ccc(Cl)cc2C(=O)c2ccccc2)c1. The predicted octanol–water partition coefficient (Wildman–Crippen LogP) is 5.13. The van der Waals surface area contributed by atoms with E-state index in [-0.39, 0.29) is 11.7 Å². The lowest BCUT2D eigenvalue weighted by Crippen LogP contribution is -2.15. The molecule has 0 aliphatic carbocycles. The summed E-state index contributed by atoms with van der Waals surface area (Å²) in [5.74, 6) is -0.462. The van der Waals surface area contributed by atoms with Crippen LogP contribution in [0.1, 0.15) is 31.8 Å². The summed E-state index contributed by atoms with van der Waals surface area (Å²) >= 11 is 6.06. The number of hydrogen-bond donors (Lipinski definition) is 1. The van der Waals surface area contributed by atoms with Crippen molar-refractivity contribution in [2.45, 2.75) is 6.92 Å². The van der Waals surface area contributed by atoms with E-state index in [1.54, 1.807) is 54.6 Å². The lowest BCUT2D eigenvalue weighted by Gasteiger charge is -2.11. The van der Waals surface area contributed by atoms with Crippen molar-refractivity contribution in [3.63, 3.8) is 0 Å². The standard InChI is InChI=1S/C21H16ClNO2/c1-14-6-5-9-16(12-14)21(25)23-19-11-10-17(22)13-18(19)20(24)15-7-3-2-4-8-15/h2-13H,1H3,(H,23,25). The molecule has 0 atom stereocenters. The molecule has 1 amide bonds. The van der Waals surface area contributed by atoms with Crippen LogP contribution in [-0.4, -0.2) is 11.7 Å². The van der Waals surface area contributed by atoms with E-state index in [0.717, 1.165) is 5.56 Å². The molecular formula is C21H16ClNO2. The fraction of sp³-hybridized carbons (Fsp3) is 0.0476. The van der Waals surface area contributed by atoms with E-state index >= 15 is 0 Å². The molecule has 0 saturated carbocycles. The van der Waals surface area contributed by atoms with Gasteiger partial charge in [-0.1, -0.05) is 59.6 Å². The first-order chi connectivity index (χ1) is 12.0. The number of carbonyl (C=O) groups is 2. The molecule has 0 aliphatic heterocycles. The molecule has 25 heavy (non-hydrogen) atoms. The number of amides is 1. The summed E-state index contributed by atoms with van der Waals surface area (Å²) in [5.41, 5.74) is 2.86. The molecule has 0 heterocycles. The summed E-state index contributed by atoms with van der Waals surface area (Å²) in [7, 11) is 0. The van der Waals surface area contributed by atoms with Crippen LogP contribution in [0.2, 0.25) is 5.02 Å². The Kier molecular flexibility index (Phi) is 4.96. The van der Waals surface area contributed by atoms with Crippen LogP contribution < -0.4 is 5.32 Å². The van der Waals surface area contributed by atoms with Crippen molar-refractivity contribution in [2.75, 3.05) is 5.32 Å². The zero-order valence-electron chi connectivity index (χ0n) is 13.6. The maximum absolute atomic E-state index is 12.8. The molecule has 3 rings (SSSR count). The normalized spacial score (nSPS) is 10.3. The van der Waals surface area contributed by atoms with Crippen molar-refractivity contribution < 1.29 is 9.59 Å². The Morgan fingerprint density at radius 3 is 2.28 bits per heavy atom. The minimum atomic E-state index is -0.270. The van der Waals surface area contributed by atoms with Gasteiger partial charge in [-0.25, -0.2) is 0 Å². The number of rotatable bonds is 4. The minimum Gasteiger partial charge on any atom is -0.321 e. The quantitative estimate of drug-likeness (QED) is 0.663. The zero-order valence-corrected chi connectivity index (χ0v) is 14.4. The van der Waals surface area contributed by atoms with Crippen molar-refractivity contribution >= 4 is 29.0 Å². The van der Waals surface area contributed by atoms with Crippen LogP contribution >= 0.6 is 11.6 Å². The van der Waals surface area contributed by atoms with Gasteiger partial charge in [-0.2, -0.15) is 0 Å². The molecule has 4 heteroatoms. The largest absolute Gasteiger partial charge is 0.321 e. The van der Waals surface area contributed by atoms with E-state index in [1.807, 2.05) is 25.1 Å². The highest BCUT2D eigenvalue weighted by molar-refractivity contribution is 6.31. The average molecular weight is 350 g/mol. The number of aryl methyl sites for hydroxylation is 1. The highest BCUT2D eigenvalue weighted by Gasteiger charge is 2.16. The van der Waals surface area contributed by atoms with Gasteiger partial charge in [0.1, 0.15) is 0 Å². The topological polar surface area (TPSA) is 46.2 Å². The first kappa shape index (κ1) is 16.9. The molecule has 0 unspecified atom stereocenters. The molecule has 0 spiro atoms. The molecule has 0 radical (unpaired) electrons. The van der Waals surface area contributed by atoms with Gasteiger partial charge in [-0.05, 0) is 37.3 Å². The molecule has 124 valence electrons. The lowest BCUT2D eigenvalue weighted by molar-refractivity contribution is 0.102. The van der Waals surface area contributed by atoms with Gasteiger partial charge in [0.15, 0.2) is 5.78 Å². The summed E-state index contributed by atoms with van der Waals surface area (Å²) in [4.78, 5) is 25.3. The highest BCUT2D eigenvalue weighted by atomic mass is 35.5. The van der Waals surface area contributed by atoms with Crippen LogP contribution in [0.25, 0.3) is 0 Å². The van der Waals surface area contributed by atoms with Crippen molar-refractivity contribution in [3.05, 3.63) is 100 Å². The van der Waals surface area contributed by atoms with E-state index in [4.69, 9.17) is 11.6 Å². The van der Waals surface area contributed by atoms with E-state index < -0.39 is 0 Å². The summed E-state index contributed by atoms with van der Waals surface area (Å²) < 4.78 is 0. The Morgan fingerprint density at radius 1 is 0.840 bits per heavy atom. The van der Waals surface area contributed by atoms with Gasteiger partial charge in [-0.15, -0.1) is 0 Å². The van der Waals surface area contributed by atoms with Gasteiger partial charge in [0.2, 0.25) is 0 Å². The second kappa shape index (κ2) is 7.32. The van der Waals surface area contributed by atoms with Crippen molar-refractivity contribution in [2.24, 2.45) is 0 Å². The van der Waals surface area contributed by atoms with Crippen LogP contribution in [-0.2, 0) is 0 Å². The van der Waals surface area contributed by atoms with Crippen molar-refractivity contribution in [1.82, 2.24) is 0 Å². The Morgan fingerprint density at radius 2 is 1.56 bits per heavy atom. The van der Waals surface area contributed by atoms with Crippen LogP contribution in [0, 0.1) is 6.92 Å². The van der Waals surface area contributed by atoms with E-state index in [1.165, 1.54) is 0 Å². The van der Waals surface area contributed by atoms with E-state index in [9.17, 15) is 9.59 Å². The van der Waals surface area contributed by atoms with Crippen LogP contribution in [0.5, 0.6) is 0 Å². The smallest absolute Gasteiger partial charge is 0.255 e. The second-order valence-electron chi connectivity index (χ2n) is 5.71. The van der Waals surface area contributed by atoms with Gasteiger partial charge in [0, 0.05) is 21.7 Å². The Hall–Kier alpha value is -2.91. The number of nitrogens with one attached hydrogen (secondary N) is 1. The molecule has 0 aliphatic rings. The van der Waals surface area contributed by atoms with Gasteiger partial charge in [0.25, 0.3) is 5.91 Å². The number of carbonyl (C=O) groups excluding carboxylic acids is 2. The maximum atomic E-state index is 12.8. The summed E-state index contributed by atoms with van der Waals surface area (Å²) in [5, 5.41) is 3.25. The number of ketones is 1. The third-order valence-electron chi connectivity index (χ3n) is 3.79. The Bertz CT molecular complexity index is 936. The van der Waals surface area contributed by atoms with Crippen LogP contribution in [0.3, 0.4) is 0 Å². The zero-order chi connectivity index (χ0) is 17.8. The molecular weight excluding hydrogens is 334 g/mol. The highest BCUT2D eigenvalue weighted by Crippen LogP contribution is 2.24. The molecule has 3 aromatic rings. The molecule has 0 aromatic heterocycles. The Labute approximate surface area is 151 Å². The monoisotopic (exact) mass is 349 g/mol. The van der Waals surface area contributed by atoms with Crippen LogP contribution in [0.15, 0.2) is 72.8 Å². The average Bonchev–Trinajstić information content (AvgIpc) is 2.63. The summed E-state index contributed by atoms with van der Waals surface area (Å²) in [6, 6.07) is 21.0. The number of benzene rings is 3. The fourth-order valence-corrected chi connectivity index (χ4v) is 2.71. The second-order valence-corrected chi connectivity index (χ2v) is 6.15. The molecule has 1 N–H and O–H groups in total. The van der Waals surface area contributed by atoms with Crippen molar-refractivity contribution in [1.29, 1.82) is 0 Å². The summed E-state index contributed by atoms with van der Waals surface area (Å²) in [6.07, 6.45) is 0. The number of anilines is 1. The van der Waals surface area contributed by atoms with Crippen LogP contribution in [0.4, 0.5) is 5.69 Å². The van der Waals surface area contributed by atoms with Gasteiger partial charge in [-0.3, -0.25) is 9.59 Å². The molecule has 0 fully saturated rings. The number of hydrogen-bond acceptors (Lipinski definition) is 2. The maximum Gasteiger partial charge on any atom is 0.255 e. The van der Waals surface area contributed by atoms with Gasteiger partial charge < -0.3 is 5.32 Å². The molecule has 0 saturated heterocycles. The third-order valence-corrected chi connectivity index (χ3v) is 4.03. The molecule has 3 aromatic carbocycles. The Balaban J connectivity index is 1.94. The van der Waals surface area contributed by atoms with Gasteiger partial charge >= 0.3 is 0 Å². The first-order valence-corrected chi connectivity index (χ1v) is 8.20. The molecule has 0 bridgehead atoms. The predicted molar refractivity (Wildman–Crippen MR) is 100 cm³/mol.